The number of carbonyl (C=O) groups is 1. The highest BCUT2D eigenvalue weighted by atomic mass is 35.5. The zero-order valence-electron chi connectivity index (χ0n) is 17.5. The first-order valence-electron chi connectivity index (χ1n) is 9.51. The highest BCUT2D eigenvalue weighted by Gasteiger charge is 2.22. The van der Waals surface area contributed by atoms with E-state index in [0.717, 1.165) is 10.2 Å². The molecule has 0 atom stereocenters. The van der Waals surface area contributed by atoms with Crippen molar-refractivity contribution in [2.45, 2.75) is 28.0 Å². The van der Waals surface area contributed by atoms with Crippen LogP contribution in [-0.4, -0.2) is 19.2 Å². The van der Waals surface area contributed by atoms with E-state index in [1.165, 1.54) is 54.3 Å². The molecular formula is C22H14Cl4N2O3S3. The van der Waals surface area contributed by atoms with E-state index in [-0.39, 0.29) is 32.0 Å². The summed E-state index contributed by atoms with van der Waals surface area (Å²) in [7, 11) is -4.08. The second-order valence-electron chi connectivity index (χ2n) is 7.22. The van der Waals surface area contributed by atoms with Crippen LogP contribution in [0.5, 0.6) is 0 Å². The van der Waals surface area contributed by atoms with E-state index in [2.05, 4.69) is 9.71 Å². The van der Waals surface area contributed by atoms with Gasteiger partial charge in [-0.05, 0) is 61.9 Å². The lowest BCUT2D eigenvalue weighted by molar-refractivity contribution is 0.101. The molecule has 1 heterocycles. The number of ketones is 1. The van der Waals surface area contributed by atoms with Gasteiger partial charge in [0, 0.05) is 20.5 Å². The van der Waals surface area contributed by atoms with Crippen LogP contribution in [-0.2, 0) is 10.0 Å². The van der Waals surface area contributed by atoms with Gasteiger partial charge in [-0.3, -0.25) is 9.52 Å². The maximum atomic E-state index is 13.0. The molecule has 0 aliphatic heterocycles. The van der Waals surface area contributed by atoms with E-state index in [0.29, 0.717) is 24.8 Å². The van der Waals surface area contributed by atoms with E-state index in [1.54, 1.807) is 19.1 Å². The number of rotatable bonds is 6. The highest BCUT2D eigenvalue weighted by molar-refractivity contribution is 8.01. The van der Waals surface area contributed by atoms with Crippen LogP contribution in [0.1, 0.15) is 22.8 Å². The third kappa shape index (κ3) is 5.33. The number of aromatic nitrogens is 1. The number of sulfonamides is 1. The average molecular weight is 592 g/mol. The Morgan fingerprint density at radius 1 is 1.00 bits per heavy atom. The Hall–Kier alpha value is -1.52. The van der Waals surface area contributed by atoms with Crippen molar-refractivity contribution >= 4 is 101 Å². The molecule has 1 N–H and O–H groups in total. The summed E-state index contributed by atoms with van der Waals surface area (Å²) < 4.78 is 30.0. The van der Waals surface area contributed by atoms with E-state index in [4.69, 9.17) is 46.4 Å². The van der Waals surface area contributed by atoms with Crippen LogP contribution in [0.15, 0.2) is 56.6 Å². The molecule has 0 saturated carbocycles. The quantitative estimate of drug-likeness (QED) is 0.228. The Bertz CT molecular complexity index is 1570. The van der Waals surface area contributed by atoms with Crippen molar-refractivity contribution in [2.24, 2.45) is 0 Å². The van der Waals surface area contributed by atoms with Gasteiger partial charge in [-0.15, -0.1) is 11.3 Å². The third-order valence-corrected chi connectivity index (χ3v) is 9.84. The minimum Gasteiger partial charge on any atom is -0.294 e. The molecule has 0 fully saturated rings. The highest BCUT2D eigenvalue weighted by Crippen LogP contribution is 2.42. The van der Waals surface area contributed by atoms with Gasteiger partial charge in [0.05, 0.1) is 25.9 Å². The molecule has 12 heteroatoms. The van der Waals surface area contributed by atoms with Gasteiger partial charge in [-0.2, -0.15) is 0 Å². The van der Waals surface area contributed by atoms with E-state index in [9.17, 15) is 13.2 Å². The first kappa shape index (κ1) is 25.6. The van der Waals surface area contributed by atoms with Crippen molar-refractivity contribution in [2.75, 3.05) is 4.72 Å². The van der Waals surface area contributed by atoms with Gasteiger partial charge in [-0.1, -0.05) is 58.2 Å². The minimum absolute atomic E-state index is 0.0240. The molecule has 0 unspecified atom stereocenters. The molecule has 176 valence electrons. The first-order chi connectivity index (χ1) is 15.9. The number of nitrogens with one attached hydrogen (secondary N) is 1. The molecule has 0 spiro atoms. The maximum Gasteiger partial charge on any atom is 0.263 e. The SMILES string of the molecule is CC(=O)c1cc(NS(=O)(=O)c2cc(C)c(Cl)cc2Cl)cc(Cl)c1Sc1nc2cc(Cl)ccc2s1. The molecule has 34 heavy (non-hydrogen) atoms. The number of hydrogen-bond donors (Lipinski definition) is 1. The van der Waals surface area contributed by atoms with Crippen molar-refractivity contribution in [3.8, 4) is 0 Å². The van der Waals surface area contributed by atoms with Crippen molar-refractivity contribution in [1.82, 2.24) is 4.98 Å². The summed E-state index contributed by atoms with van der Waals surface area (Å²) in [6, 6.07) is 11.0. The van der Waals surface area contributed by atoms with E-state index >= 15 is 0 Å². The lowest BCUT2D eigenvalue weighted by Gasteiger charge is -2.14. The second-order valence-corrected chi connectivity index (χ2v) is 12.8. The zero-order chi connectivity index (χ0) is 24.8. The van der Waals surface area contributed by atoms with E-state index < -0.39 is 10.0 Å². The fourth-order valence-electron chi connectivity index (χ4n) is 3.07. The minimum atomic E-state index is -4.08. The van der Waals surface area contributed by atoms with Crippen LogP contribution < -0.4 is 4.72 Å². The van der Waals surface area contributed by atoms with Crippen molar-refractivity contribution in [3.05, 3.63) is 73.7 Å². The number of thiazole rings is 1. The molecule has 0 amide bonds. The maximum absolute atomic E-state index is 13.0. The molecule has 0 bridgehead atoms. The number of aryl methyl sites for hydroxylation is 1. The van der Waals surface area contributed by atoms with Crippen LogP contribution in [0.2, 0.25) is 20.1 Å². The standard InChI is InChI=1S/C22H14Cl4N2O3S3/c1-10-5-20(16(25)9-15(10)24)34(30,31)28-13-7-14(11(2)29)21(17(26)8-13)33-22-27-18-6-12(23)3-4-19(18)32-22/h3-9,28H,1-2H3. The monoisotopic (exact) mass is 590 g/mol. The zero-order valence-corrected chi connectivity index (χ0v) is 22.9. The number of carbonyl (C=O) groups excluding carboxylic acids is 1. The van der Waals surface area contributed by atoms with Crippen molar-refractivity contribution < 1.29 is 13.2 Å². The van der Waals surface area contributed by atoms with Crippen LogP contribution in [0.4, 0.5) is 5.69 Å². The van der Waals surface area contributed by atoms with Gasteiger partial charge in [0.2, 0.25) is 0 Å². The predicted molar refractivity (Wildman–Crippen MR) is 142 cm³/mol. The number of anilines is 1. The van der Waals surface area contributed by atoms with Gasteiger partial charge >= 0.3 is 0 Å². The van der Waals surface area contributed by atoms with Crippen molar-refractivity contribution in [3.63, 3.8) is 0 Å². The fourth-order valence-corrected chi connectivity index (χ4v) is 7.60. The number of fused-ring (bicyclic) bond motifs is 1. The lowest BCUT2D eigenvalue weighted by Crippen LogP contribution is -2.14. The summed E-state index contributed by atoms with van der Waals surface area (Å²) in [5.41, 5.74) is 1.67. The molecule has 4 rings (SSSR count). The molecular weight excluding hydrogens is 578 g/mol. The van der Waals surface area contributed by atoms with Crippen LogP contribution >= 0.6 is 69.5 Å². The third-order valence-electron chi connectivity index (χ3n) is 4.70. The van der Waals surface area contributed by atoms with Gasteiger partial charge < -0.3 is 0 Å². The Labute approximate surface area is 224 Å². The summed E-state index contributed by atoms with van der Waals surface area (Å²) in [4.78, 5) is 17.3. The smallest absolute Gasteiger partial charge is 0.263 e. The summed E-state index contributed by atoms with van der Waals surface area (Å²) in [5, 5.41) is 1.10. The molecule has 0 aliphatic rings. The largest absolute Gasteiger partial charge is 0.294 e. The van der Waals surface area contributed by atoms with Gasteiger partial charge in [-0.25, -0.2) is 13.4 Å². The summed E-state index contributed by atoms with van der Waals surface area (Å²) in [5.74, 6) is -0.282. The Morgan fingerprint density at radius 2 is 1.74 bits per heavy atom. The van der Waals surface area contributed by atoms with E-state index in [1.807, 2.05) is 6.07 Å². The number of Topliss-reactive ketones (excluding diaryl/α,β-unsaturated/α-hetero) is 1. The molecule has 3 aromatic carbocycles. The van der Waals surface area contributed by atoms with Gasteiger partial charge in [0.1, 0.15) is 4.90 Å². The Kier molecular flexibility index (Phi) is 7.41. The molecule has 1 aromatic heterocycles. The summed E-state index contributed by atoms with van der Waals surface area (Å²) in [6.07, 6.45) is 0. The lowest BCUT2D eigenvalue weighted by atomic mass is 10.1. The fraction of sp³-hybridized carbons (Fsp3) is 0.0909. The normalized spacial score (nSPS) is 11.7. The number of halogens is 4. The van der Waals surface area contributed by atoms with Crippen molar-refractivity contribution in [1.29, 1.82) is 0 Å². The Balaban J connectivity index is 1.71. The average Bonchev–Trinajstić information content (AvgIpc) is 3.13. The summed E-state index contributed by atoms with van der Waals surface area (Å²) >= 11 is 27.4. The van der Waals surface area contributed by atoms with Gasteiger partial charge in [0.25, 0.3) is 10.0 Å². The van der Waals surface area contributed by atoms with Crippen LogP contribution in [0.3, 0.4) is 0 Å². The van der Waals surface area contributed by atoms with Gasteiger partial charge in [0.15, 0.2) is 10.1 Å². The molecule has 0 saturated heterocycles. The number of benzene rings is 3. The topological polar surface area (TPSA) is 76.1 Å². The van der Waals surface area contributed by atoms with Crippen LogP contribution in [0.25, 0.3) is 10.2 Å². The number of nitrogens with zero attached hydrogens (tertiary/aromatic N) is 1. The molecule has 4 aromatic rings. The number of hydrogen-bond acceptors (Lipinski definition) is 6. The molecule has 0 aliphatic carbocycles. The predicted octanol–water partition coefficient (Wildman–Crippen LogP) is 8.37. The second kappa shape index (κ2) is 9.85. The first-order valence-corrected chi connectivity index (χ1v) is 14.1. The summed E-state index contributed by atoms with van der Waals surface area (Å²) in [6.45, 7) is 3.05. The van der Waals surface area contributed by atoms with Crippen LogP contribution in [0, 0.1) is 6.92 Å². The Morgan fingerprint density at radius 3 is 2.44 bits per heavy atom. The molecule has 0 radical (unpaired) electrons. The molecule has 5 nitrogen and oxygen atoms in total.